The van der Waals surface area contributed by atoms with Gasteiger partial charge in [-0.2, -0.15) is 5.10 Å². The van der Waals surface area contributed by atoms with Gasteiger partial charge in [-0.3, -0.25) is 19.7 Å². The molecule has 0 saturated carbocycles. The lowest BCUT2D eigenvalue weighted by molar-refractivity contribution is -0.120. The Hall–Kier alpha value is -2.88. The fraction of sp³-hybridized carbons (Fsp3) is 0.214. The Bertz CT molecular complexity index is 818. The smallest absolute Gasteiger partial charge is 0.278 e. The number of rotatable bonds is 1. The van der Waals surface area contributed by atoms with Crippen LogP contribution >= 0.6 is 0 Å². The fourth-order valence-corrected chi connectivity index (χ4v) is 2.38. The van der Waals surface area contributed by atoms with Crippen molar-refractivity contribution >= 4 is 28.7 Å². The van der Waals surface area contributed by atoms with Crippen LogP contribution in [0.3, 0.4) is 0 Å². The van der Waals surface area contributed by atoms with Crippen LogP contribution in [0.5, 0.6) is 0 Å². The topological polar surface area (TPSA) is 67.2 Å². The molecular weight excluding hydrogens is 275 g/mol. The minimum atomic E-state index is -0.562. The van der Waals surface area contributed by atoms with Crippen LogP contribution in [0.2, 0.25) is 0 Å². The van der Waals surface area contributed by atoms with Gasteiger partial charge in [-0.25, -0.2) is 9.18 Å². The summed E-state index contributed by atoms with van der Waals surface area (Å²) in [5.74, 6) is 1.68. The molecule has 1 fully saturated rings. The molecule has 1 aliphatic rings. The van der Waals surface area contributed by atoms with Crippen molar-refractivity contribution in [1.29, 1.82) is 0 Å². The molecule has 106 valence electrons. The van der Waals surface area contributed by atoms with Crippen LogP contribution in [0.15, 0.2) is 12.1 Å². The molecule has 6 nitrogen and oxygen atoms in total. The number of anilines is 1. The van der Waals surface area contributed by atoms with Gasteiger partial charge in [-0.15, -0.1) is 6.42 Å². The third-order valence-corrected chi connectivity index (χ3v) is 3.39. The Balaban J connectivity index is 2.17. The van der Waals surface area contributed by atoms with Crippen LogP contribution in [-0.2, 0) is 11.8 Å². The van der Waals surface area contributed by atoms with Crippen LogP contribution in [0.25, 0.3) is 10.9 Å². The maximum Gasteiger partial charge on any atom is 0.329 e. The highest BCUT2D eigenvalue weighted by molar-refractivity contribution is 6.08. The number of carbonyl (C=O) groups is 2. The Morgan fingerprint density at radius 3 is 2.86 bits per heavy atom. The molecule has 2 heterocycles. The molecule has 2 aromatic rings. The fourth-order valence-electron chi connectivity index (χ4n) is 2.38. The molecule has 0 spiro atoms. The number of amides is 3. The number of nitrogens with one attached hydrogen (secondary N) is 1. The van der Waals surface area contributed by atoms with Crippen molar-refractivity contribution in [3.05, 3.63) is 23.5 Å². The van der Waals surface area contributed by atoms with E-state index in [-0.39, 0.29) is 30.0 Å². The van der Waals surface area contributed by atoms with Crippen LogP contribution in [0.1, 0.15) is 12.0 Å². The van der Waals surface area contributed by atoms with E-state index in [0.717, 1.165) is 0 Å². The quantitative estimate of drug-likeness (QED) is 0.799. The van der Waals surface area contributed by atoms with Gasteiger partial charge >= 0.3 is 6.03 Å². The van der Waals surface area contributed by atoms with Gasteiger partial charge in [0.1, 0.15) is 5.52 Å². The SMILES string of the molecule is C#Cc1ccc2c(N3CCC(=O)NC3=O)nn(C)c2c1F. The number of carbonyl (C=O) groups excluding carboxylic acids is 2. The summed E-state index contributed by atoms with van der Waals surface area (Å²) in [6, 6.07) is 2.53. The number of aryl methyl sites for hydroxylation is 1. The van der Waals surface area contributed by atoms with Crippen molar-refractivity contribution in [2.24, 2.45) is 7.05 Å². The standard InChI is InChI=1S/C14H11FN4O2/c1-3-8-4-5-9-12(11(8)15)18(2)17-13(9)19-7-6-10(20)16-14(19)21/h1,4-5H,6-7H2,2H3,(H,16,20,21). The van der Waals surface area contributed by atoms with Gasteiger partial charge in [-0.05, 0) is 12.1 Å². The predicted molar refractivity (Wildman–Crippen MR) is 74.1 cm³/mol. The summed E-state index contributed by atoms with van der Waals surface area (Å²) in [7, 11) is 1.57. The number of benzene rings is 1. The second-order valence-corrected chi connectivity index (χ2v) is 4.67. The normalized spacial score (nSPS) is 15.2. The Kier molecular flexibility index (Phi) is 2.87. The van der Waals surface area contributed by atoms with Crippen molar-refractivity contribution in [3.8, 4) is 12.3 Å². The molecule has 0 unspecified atom stereocenters. The first-order valence-corrected chi connectivity index (χ1v) is 6.26. The van der Waals surface area contributed by atoms with Crippen molar-refractivity contribution < 1.29 is 14.0 Å². The maximum absolute atomic E-state index is 14.3. The maximum atomic E-state index is 14.3. The third kappa shape index (κ3) is 1.92. The molecule has 0 aliphatic carbocycles. The summed E-state index contributed by atoms with van der Waals surface area (Å²) in [4.78, 5) is 24.4. The van der Waals surface area contributed by atoms with E-state index in [1.807, 2.05) is 0 Å². The van der Waals surface area contributed by atoms with Gasteiger partial charge in [-0.1, -0.05) is 5.92 Å². The van der Waals surface area contributed by atoms with Crippen LogP contribution in [-0.4, -0.2) is 28.3 Å². The zero-order chi connectivity index (χ0) is 15.1. The largest absolute Gasteiger partial charge is 0.329 e. The first-order valence-electron chi connectivity index (χ1n) is 6.26. The number of nitrogens with zero attached hydrogens (tertiary/aromatic N) is 3. The number of hydrogen-bond donors (Lipinski definition) is 1. The van der Waals surface area contributed by atoms with Crippen LogP contribution in [0, 0.1) is 18.2 Å². The summed E-state index contributed by atoms with van der Waals surface area (Å²) in [5.41, 5.74) is 0.362. The molecule has 1 aromatic carbocycles. The second-order valence-electron chi connectivity index (χ2n) is 4.67. The third-order valence-electron chi connectivity index (χ3n) is 3.39. The molecule has 0 bridgehead atoms. The molecule has 21 heavy (non-hydrogen) atoms. The van der Waals surface area contributed by atoms with Crippen molar-refractivity contribution in [1.82, 2.24) is 15.1 Å². The van der Waals surface area contributed by atoms with E-state index in [1.165, 1.54) is 15.6 Å². The zero-order valence-corrected chi connectivity index (χ0v) is 11.2. The zero-order valence-electron chi connectivity index (χ0n) is 11.2. The van der Waals surface area contributed by atoms with Crippen LogP contribution < -0.4 is 10.2 Å². The number of fused-ring (bicyclic) bond motifs is 1. The van der Waals surface area contributed by atoms with E-state index in [0.29, 0.717) is 11.2 Å². The average Bonchev–Trinajstić information content (AvgIpc) is 2.77. The first kappa shape index (κ1) is 13.1. The van der Waals surface area contributed by atoms with Gasteiger partial charge < -0.3 is 0 Å². The Morgan fingerprint density at radius 1 is 1.43 bits per heavy atom. The van der Waals surface area contributed by atoms with E-state index in [9.17, 15) is 14.0 Å². The van der Waals surface area contributed by atoms with E-state index >= 15 is 0 Å². The summed E-state index contributed by atoms with van der Waals surface area (Å²) < 4.78 is 15.6. The van der Waals surface area contributed by atoms with Crippen LogP contribution in [0.4, 0.5) is 15.0 Å². The molecule has 0 atom stereocenters. The summed E-state index contributed by atoms with van der Waals surface area (Å²) >= 11 is 0. The number of imide groups is 1. The van der Waals surface area contributed by atoms with Crippen molar-refractivity contribution in [3.63, 3.8) is 0 Å². The molecular formula is C14H11FN4O2. The molecule has 1 aliphatic heterocycles. The van der Waals surface area contributed by atoms with Gasteiger partial charge in [0.05, 0.1) is 5.56 Å². The van der Waals surface area contributed by atoms with Gasteiger partial charge in [0, 0.05) is 25.4 Å². The lowest BCUT2D eigenvalue weighted by Gasteiger charge is -2.24. The molecule has 1 aromatic heterocycles. The Labute approximate surface area is 119 Å². The summed E-state index contributed by atoms with van der Waals surface area (Å²) in [6.45, 7) is 0.204. The van der Waals surface area contributed by atoms with E-state index in [1.54, 1.807) is 13.1 Å². The number of terminal acetylenes is 1. The van der Waals surface area contributed by atoms with Gasteiger partial charge in [0.2, 0.25) is 5.91 Å². The highest BCUT2D eigenvalue weighted by Crippen LogP contribution is 2.29. The van der Waals surface area contributed by atoms with Gasteiger partial charge in [0.15, 0.2) is 11.6 Å². The highest BCUT2D eigenvalue weighted by atomic mass is 19.1. The van der Waals surface area contributed by atoms with Crippen molar-refractivity contribution in [2.45, 2.75) is 6.42 Å². The van der Waals surface area contributed by atoms with Crippen molar-refractivity contribution in [2.75, 3.05) is 11.4 Å². The lowest BCUT2D eigenvalue weighted by atomic mass is 10.1. The lowest BCUT2D eigenvalue weighted by Crippen LogP contribution is -2.49. The first-order chi connectivity index (χ1) is 10.0. The molecule has 7 heteroatoms. The number of hydrogen-bond acceptors (Lipinski definition) is 3. The average molecular weight is 286 g/mol. The summed E-state index contributed by atoms with van der Waals surface area (Å²) in [6.07, 6.45) is 5.42. The highest BCUT2D eigenvalue weighted by Gasteiger charge is 2.28. The molecule has 1 N–H and O–H groups in total. The second kappa shape index (κ2) is 4.59. The molecule has 1 saturated heterocycles. The van der Waals surface area contributed by atoms with E-state index in [2.05, 4.69) is 16.3 Å². The minimum absolute atomic E-state index is 0.135. The number of urea groups is 1. The molecule has 0 radical (unpaired) electrons. The summed E-state index contributed by atoms with van der Waals surface area (Å²) in [5, 5.41) is 6.87. The Morgan fingerprint density at radius 2 is 2.19 bits per heavy atom. The monoisotopic (exact) mass is 286 g/mol. The minimum Gasteiger partial charge on any atom is -0.278 e. The molecule has 3 amide bonds. The number of aromatic nitrogens is 2. The molecule has 3 rings (SSSR count). The predicted octanol–water partition coefficient (Wildman–Crippen LogP) is 1.14. The van der Waals surface area contributed by atoms with Gasteiger partial charge in [0.25, 0.3) is 0 Å². The van der Waals surface area contributed by atoms with E-state index < -0.39 is 11.8 Å². The number of halogens is 1. The van der Waals surface area contributed by atoms with E-state index in [4.69, 9.17) is 6.42 Å².